The molecule has 0 saturated carbocycles. The van der Waals surface area contributed by atoms with Gasteiger partial charge in [0, 0.05) is 17.8 Å². The van der Waals surface area contributed by atoms with E-state index in [-0.39, 0.29) is 24.7 Å². The maximum absolute atomic E-state index is 13.4. The normalized spacial score (nSPS) is 39.0. The van der Waals surface area contributed by atoms with Crippen molar-refractivity contribution in [1.29, 1.82) is 0 Å². The van der Waals surface area contributed by atoms with E-state index in [0.717, 1.165) is 5.57 Å². The molecule has 0 aliphatic carbocycles. The Balaban J connectivity index is 2.59. The zero-order valence-electron chi connectivity index (χ0n) is 28.9. The molecule has 0 aromatic heterocycles. The summed E-state index contributed by atoms with van der Waals surface area (Å²) in [6, 6.07) is -0.678. The lowest BCUT2D eigenvalue weighted by atomic mass is 9.79. The molecule has 3 unspecified atom stereocenters. The van der Waals surface area contributed by atoms with Gasteiger partial charge in [-0.3, -0.25) is 14.5 Å². The first-order valence-corrected chi connectivity index (χ1v) is 16.5. The number of allylic oxidation sites excluding steroid dienone is 3. The molecule has 2 aliphatic heterocycles. The number of hydrogen-bond donors (Lipinski definition) is 4. The Morgan fingerprint density at radius 1 is 1.09 bits per heavy atom. The van der Waals surface area contributed by atoms with Crippen LogP contribution in [0.5, 0.6) is 0 Å². The molecule has 0 bridgehead atoms. The van der Waals surface area contributed by atoms with Crippen LogP contribution in [0, 0.1) is 36.0 Å². The predicted octanol–water partition coefficient (Wildman–Crippen LogP) is 1.77. The van der Waals surface area contributed by atoms with Gasteiger partial charge in [0.2, 0.25) is 0 Å². The first kappa shape index (κ1) is 40.0. The minimum absolute atomic E-state index is 0.0915. The van der Waals surface area contributed by atoms with E-state index in [0.29, 0.717) is 32.4 Å². The van der Waals surface area contributed by atoms with Gasteiger partial charge in [-0.25, -0.2) is 0 Å². The van der Waals surface area contributed by atoms with Gasteiger partial charge in [0.05, 0.1) is 50.0 Å². The van der Waals surface area contributed by atoms with E-state index in [1.807, 2.05) is 32.7 Å². The van der Waals surface area contributed by atoms with Crippen molar-refractivity contribution in [2.75, 3.05) is 40.8 Å². The monoisotopic (exact) mass is 650 g/mol. The van der Waals surface area contributed by atoms with E-state index in [2.05, 4.69) is 5.92 Å². The number of ketones is 1. The van der Waals surface area contributed by atoms with Crippen molar-refractivity contribution in [3.8, 4) is 12.3 Å². The summed E-state index contributed by atoms with van der Waals surface area (Å²) in [6.45, 7) is 9.73. The number of hydrogen-bond acceptors (Lipinski definition) is 11. The molecule has 11 heteroatoms. The van der Waals surface area contributed by atoms with Crippen molar-refractivity contribution >= 4 is 11.8 Å². The highest BCUT2D eigenvalue weighted by atomic mass is 16.7. The third-order valence-corrected chi connectivity index (χ3v) is 9.41. The zero-order valence-corrected chi connectivity index (χ0v) is 28.9. The van der Waals surface area contributed by atoms with Crippen molar-refractivity contribution in [3.63, 3.8) is 0 Å². The van der Waals surface area contributed by atoms with E-state index >= 15 is 0 Å². The Morgan fingerprint density at radius 2 is 1.76 bits per heavy atom. The molecular weight excluding hydrogens is 592 g/mol. The smallest absolute Gasteiger partial charge is 0.308 e. The van der Waals surface area contributed by atoms with Crippen molar-refractivity contribution in [2.24, 2.45) is 23.7 Å². The number of nitrogens with zero attached hydrogens (tertiary/aromatic N) is 2. The van der Waals surface area contributed by atoms with Crippen LogP contribution in [0.15, 0.2) is 23.8 Å². The van der Waals surface area contributed by atoms with Crippen LogP contribution in [0.25, 0.3) is 0 Å². The van der Waals surface area contributed by atoms with Gasteiger partial charge in [0.25, 0.3) is 0 Å². The predicted molar refractivity (Wildman–Crippen MR) is 175 cm³/mol. The lowest BCUT2D eigenvalue weighted by molar-refractivity contribution is -0.304. The topological polar surface area (TPSA) is 149 Å². The summed E-state index contributed by atoms with van der Waals surface area (Å²) in [5.41, 5.74) is 0.749. The summed E-state index contributed by atoms with van der Waals surface area (Å²) in [4.78, 5) is 30.2. The second kappa shape index (κ2) is 19.0. The third kappa shape index (κ3) is 11.2. The third-order valence-electron chi connectivity index (χ3n) is 9.41. The summed E-state index contributed by atoms with van der Waals surface area (Å²) < 4.78 is 18.3. The van der Waals surface area contributed by atoms with Crippen LogP contribution >= 0.6 is 0 Å². The number of esters is 1. The van der Waals surface area contributed by atoms with Gasteiger partial charge in [-0.1, -0.05) is 44.4 Å². The fraction of sp³-hybridized carbons (Fsp3) is 0.771. The van der Waals surface area contributed by atoms with Crippen LogP contribution in [0.2, 0.25) is 0 Å². The minimum Gasteiger partial charge on any atom is -0.462 e. The minimum atomic E-state index is -1.22. The quantitative estimate of drug-likeness (QED) is 0.214. The SMILES string of the molecule is C#CCN(C)CC[C@H]1C[C@@H](C)C(=O)/C=C/C(C)=C/[C@H](CO)[C@@H](CC)OC(=O)C[C@@H](O)[C@H](C)[C@H]1O[C@@H]1O[C@H](C)C(O)C(N(C)C)C1O. The molecule has 0 radical (unpaired) electrons. The van der Waals surface area contributed by atoms with E-state index < -0.39 is 72.7 Å². The van der Waals surface area contributed by atoms with Crippen LogP contribution < -0.4 is 0 Å². The van der Waals surface area contributed by atoms with Crippen molar-refractivity contribution in [3.05, 3.63) is 23.8 Å². The summed E-state index contributed by atoms with van der Waals surface area (Å²) in [7, 11) is 5.40. The fourth-order valence-electron chi connectivity index (χ4n) is 6.48. The number of rotatable bonds is 9. The number of carbonyl (C=O) groups excluding carboxylic acids is 2. The molecule has 0 spiro atoms. The van der Waals surface area contributed by atoms with Crippen LogP contribution in [0.3, 0.4) is 0 Å². The average molecular weight is 651 g/mol. The molecule has 262 valence electrons. The van der Waals surface area contributed by atoms with E-state index in [4.69, 9.17) is 20.6 Å². The zero-order chi connectivity index (χ0) is 34.7. The second-order valence-corrected chi connectivity index (χ2v) is 13.4. The lowest BCUT2D eigenvalue weighted by Gasteiger charge is -2.46. The van der Waals surface area contributed by atoms with Crippen molar-refractivity contribution < 1.29 is 44.2 Å². The first-order chi connectivity index (χ1) is 21.6. The van der Waals surface area contributed by atoms with Crippen molar-refractivity contribution in [1.82, 2.24) is 9.80 Å². The number of aliphatic hydroxyl groups is 4. The molecule has 0 amide bonds. The van der Waals surface area contributed by atoms with E-state index in [9.17, 15) is 30.0 Å². The van der Waals surface area contributed by atoms with Crippen LogP contribution in [-0.4, -0.2) is 132 Å². The number of carbonyl (C=O) groups is 2. The first-order valence-electron chi connectivity index (χ1n) is 16.5. The molecule has 2 rings (SSSR count). The second-order valence-electron chi connectivity index (χ2n) is 13.4. The lowest BCUT2D eigenvalue weighted by Crippen LogP contribution is -2.63. The highest BCUT2D eigenvalue weighted by Crippen LogP contribution is 2.34. The number of aliphatic hydroxyl groups excluding tert-OH is 4. The molecule has 2 aliphatic rings. The van der Waals surface area contributed by atoms with E-state index in [1.165, 1.54) is 6.08 Å². The summed E-state index contributed by atoms with van der Waals surface area (Å²) in [5, 5.41) is 43.7. The number of ether oxygens (including phenoxy) is 3. The molecule has 2 heterocycles. The maximum atomic E-state index is 13.4. The van der Waals surface area contributed by atoms with Crippen LogP contribution in [0.1, 0.15) is 60.3 Å². The van der Waals surface area contributed by atoms with Gasteiger partial charge >= 0.3 is 5.97 Å². The van der Waals surface area contributed by atoms with Crippen LogP contribution in [-0.2, 0) is 23.8 Å². The van der Waals surface area contributed by atoms with Gasteiger partial charge in [0.15, 0.2) is 12.1 Å². The molecule has 0 aromatic rings. The Bertz CT molecular complexity index is 1070. The van der Waals surface area contributed by atoms with Gasteiger partial charge < -0.3 is 39.5 Å². The maximum Gasteiger partial charge on any atom is 0.308 e. The molecule has 4 N–H and O–H groups in total. The van der Waals surface area contributed by atoms with E-state index in [1.54, 1.807) is 45.0 Å². The largest absolute Gasteiger partial charge is 0.462 e. The van der Waals surface area contributed by atoms with Gasteiger partial charge in [0.1, 0.15) is 12.2 Å². The Kier molecular flexibility index (Phi) is 16.5. The molecule has 11 nitrogen and oxygen atoms in total. The van der Waals surface area contributed by atoms with Gasteiger partial charge in [-0.05, 0) is 72.8 Å². The average Bonchev–Trinajstić information content (AvgIpc) is 2.99. The molecular formula is C35H58N2O9. The molecule has 46 heavy (non-hydrogen) atoms. The highest BCUT2D eigenvalue weighted by molar-refractivity contribution is 5.91. The molecule has 1 saturated heterocycles. The standard InChI is InChI=1S/C35H58N2O9/c1-10-15-37(9)16-14-25-18-22(4)27(39)13-12-21(3)17-26(20-38)29(11-2)45-30(41)19-28(40)23(5)34(25)46-35-33(43)31(36(7)8)32(42)24(6)44-35/h1,12-13,17,22-26,28-29,31-35,38,40,42-43H,11,14-16,18-20H2,2-9H3/b13-12+,21-17+/t22-,23+,24-,25+,26-,28-,29-,31?,32?,33?,34-,35+/m1/s1. The number of likely N-dealkylation sites (N-methyl/N-ethyl adjacent to an activating group) is 1. The Hall–Kier alpha value is -2.14. The Morgan fingerprint density at radius 3 is 2.35 bits per heavy atom. The molecule has 0 aromatic carbocycles. The highest BCUT2D eigenvalue weighted by Gasteiger charge is 2.47. The molecule has 1 fully saturated rings. The fourth-order valence-corrected chi connectivity index (χ4v) is 6.48. The Labute approximate surface area is 275 Å². The summed E-state index contributed by atoms with van der Waals surface area (Å²) in [5.74, 6) is 0.0432. The number of cyclic esters (lactones) is 1. The summed E-state index contributed by atoms with van der Waals surface area (Å²) >= 11 is 0. The number of terminal acetylenes is 1. The summed E-state index contributed by atoms with van der Waals surface area (Å²) in [6.07, 6.45) is 5.03. The molecule has 12 atom stereocenters. The van der Waals surface area contributed by atoms with Gasteiger partial charge in [-0.15, -0.1) is 6.42 Å². The van der Waals surface area contributed by atoms with Gasteiger partial charge in [-0.2, -0.15) is 0 Å². The van der Waals surface area contributed by atoms with Crippen LogP contribution in [0.4, 0.5) is 0 Å². The van der Waals surface area contributed by atoms with Crippen molar-refractivity contribution in [2.45, 2.75) is 109 Å².